The first-order valence-electron chi connectivity index (χ1n) is 16.7. The van der Waals surface area contributed by atoms with Crippen molar-refractivity contribution in [3.05, 3.63) is 170 Å². The van der Waals surface area contributed by atoms with Gasteiger partial charge < -0.3 is 8.98 Å². The molecule has 10 rings (SSSR count). The van der Waals surface area contributed by atoms with Crippen LogP contribution in [0.3, 0.4) is 0 Å². The molecule has 0 spiro atoms. The Kier molecular flexibility index (Phi) is 6.42. The van der Waals surface area contributed by atoms with Crippen LogP contribution in [-0.2, 0) is 0 Å². The van der Waals surface area contributed by atoms with E-state index in [1.807, 2.05) is 66.7 Å². The summed E-state index contributed by atoms with van der Waals surface area (Å²) >= 11 is 0. The fraction of sp³-hybridized carbons (Fsp3) is 0. The Morgan fingerprint density at radius 1 is 0.400 bits per heavy atom. The molecule has 0 fully saturated rings. The quantitative estimate of drug-likeness (QED) is 0.188. The molecule has 0 amide bonds. The molecule has 0 radical (unpaired) electrons. The number of benzene rings is 7. The lowest BCUT2D eigenvalue weighted by Crippen LogP contribution is -2.01. The van der Waals surface area contributed by atoms with Gasteiger partial charge in [-0.2, -0.15) is 0 Å². The Balaban J connectivity index is 1.36. The number of aromatic nitrogens is 4. The van der Waals surface area contributed by atoms with Crippen LogP contribution in [0.15, 0.2) is 174 Å². The molecular formula is C45H28N4O. The molecule has 0 aliphatic carbocycles. The summed E-state index contributed by atoms with van der Waals surface area (Å²) in [6.45, 7) is 0. The zero-order valence-electron chi connectivity index (χ0n) is 26.9. The second-order valence-corrected chi connectivity index (χ2v) is 12.4. The summed E-state index contributed by atoms with van der Waals surface area (Å²) in [5.41, 5.74) is 9.81. The molecule has 0 saturated carbocycles. The van der Waals surface area contributed by atoms with E-state index in [0.717, 1.165) is 66.5 Å². The van der Waals surface area contributed by atoms with Crippen molar-refractivity contribution in [1.29, 1.82) is 0 Å². The number of rotatable bonds is 5. The summed E-state index contributed by atoms with van der Waals surface area (Å²) in [5, 5.41) is 4.44. The number of para-hydroxylation sites is 2. The Hall–Kier alpha value is -6.85. The van der Waals surface area contributed by atoms with Gasteiger partial charge >= 0.3 is 0 Å². The zero-order valence-corrected chi connectivity index (χ0v) is 26.9. The third-order valence-corrected chi connectivity index (χ3v) is 9.45. The Morgan fingerprint density at radius 2 is 0.920 bits per heavy atom. The van der Waals surface area contributed by atoms with Crippen molar-refractivity contribution < 1.29 is 4.42 Å². The SMILES string of the molecule is c1ccc(-c2nc(-c3ccccc3)nc(-c3ccc4oc5ccc6c7ccccc7n(-c7ccccc7)c6c5c4c3-c3ccccc3)n2)cc1. The third-order valence-electron chi connectivity index (χ3n) is 9.45. The minimum atomic E-state index is 0.601. The lowest BCUT2D eigenvalue weighted by Gasteiger charge is -2.14. The maximum Gasteiger partial charge on any atom is 0.164 e. The molecule has 0 aliphatic rings. The van der Waals surface area contributed by atoms with Gasteiger partial charge in [0.1, 0.15) is 11.2 Å². The fourth-order valence-corrected chi connectivity index (χ4v) is 7.27. The van der Waals surface area contributed by atoms with Crippen molar-refractivity contribution in [2.45, 2.75) is 0 Å². The van der Waals surface area contributed by atoms with Gasteiger partial charge in [-0.05, 0) is 48.0 Å². The van der Waals surface area contributed by atoms with Gasteiger partial charge in [-0.1, -0.05) is 127 Å². The number of hydrogen-bond donors (Lipinski definition) is 0. The predicted molar refractivity (Wildman–Crippen MR) is 203 cm³/mol. The van der Waals surface area contributed by atoms with Crippen LogP contribution in [0.25, 0.3) is 94.7 Å². The highest BCUT2D eigenvalue weighted by molar-refractivity contribution is 6.28. The Labute approximate surface area is 287 Å². The van der Waals surface area contributed by atoms with Crippen molar-refractivity contribution in [2.75, 3.05) is 0 Å². The van der Waals surface area contributed by atoms with Crippen LogP contribution in [0.1, 0.15) is 0 Å². The van der Waals surface area contributed by atoms with Gasteiger partial charge in [-0.15, -0.1) is 0 Å². The first-order chi connectivity index (χ1) is 24.8. The molecule has 0 bridgehead atoms. The zero-order chi connectivity index (χ0) is 33.0. The van der Waals surface area contributed by atoms with Crippen LogP contribution in [0.5, 0.6) is 0 Å². The maximum atomic E-state index is 6.72. The number of furan rings is 1. The highest BCUT2D eigenvalue weighted by Gasteiger charge is 2.24. The summed E-state index contributed by atoms with van der Waals surface area (Å²) < 4.78 is 9.09. The van der Waals surface area contributed by atoms with E-state index in [-0.39, 0.29) is 0 Å². The number of hydrogen-bond acceptors (Lipinski definition) is 4. The summed E-state index contributed by atoms with van der Waals surface area (Å²) in [7, 11) is 0. The van der Waals surface area contributed by atoms with Crippen LogP contribution in [0.2, 0.25) is 0 Å². The van der Waals surface area contributed by atoms with Gasteiger partial charge in [-0.25, -0.2) is 15.0 Å². The van der Waals surface area contributed by atoms with Gasteiger partial charge in [-0.3, -0.25) is 0 Å². The van der Waals surface area contributed by atoms with Crippen LogP contribution < -0.4 is 0 Å². The van der Waals surface area contributed by atoms with E-state index >= 15 is 0 Å². The molecule has 0 saturated heterocycles. The van der Waals surface area contributed by atoms with E-state index in [4.69, 9.17) is 19.4 Å². The van der Waals surface area contributed by atoms with Crippen LogP contribution in [-0.4, -0.2) is 19.5 Å². The van der Waals surface area contributed by atoms with Crippen molar-refractivity contribution in [3.8, 4) is 51.0 Å². The molecule has 0 atom stereocenters. The second-order valence-electron chi connectivity index (χ2n) is 12.4. The summed E-state index contributed by atoms with van der Waals surface area (Å²) in [4.78, 5) is 15.3. The maximum absolute atomic E-state index is 6.72. The van der Waals surface area contributed by atoms with E-state index in [2.05, 4.69) is 108 Å². The average Bonchev–Trinajstić information content (AvgIpc) is 3.74. The first-order valence-corrected chi connectivity index (χ1v) is 16.7. The van der Waals surface area contributed by atoms with E-state index < -0.39 is 0 Å². The lowest BCUT2D eigenvalue weighted by atomic mass is 9.93. The van der Waals surface area contributed by atoms with Crippen LogP contribution in [0.4, 0.5) is 0 Å². The van der Waals surface area contributed by atoms with Crippen molar-refractivity contribution in [3.63, 3.8) is 0 Å². The molecule has 234 valence electrons. The number of fused-ring (bicyclic) bond motifs is 7. The topological polar surface area (TPSA) is 56.7 Å². The van der Waals surface area contributed by atoms with Crippen LogP contribution >= 0.6 is 0 Å². The van der Waals surface area contributed by atoms with Crippen molar-refractivity contribution >= 4 is 43.7 Å². The molecule has 0 N–H and O–H groups in total. The summed E-state index contributed by atoms with van der Waals surface area (Å²) in [6, 6.07) is 58.4. The second kappa shape index (κ2) is 11.4. The van der Waals surface area contributed by atoms with Gasteiger partial charge in [0.05, 0.1) is 16.4 Å². The first kappa shape index (κ1) is 28.2. The molecule has 0 aliphatic heterocycles. The highest BCUT2D eigenvalue weighted by atomic mass is 16.3. The number of nitrogens with zero attached hydrogens (tertiary/aromatic N) is 4. The fourth-order valence-electron chi connectivity index (χ4n) is 7.27. The molecule has 5 nitrogen and oxygen atoms in total. The molecule has 10 aromatic rings. The van der Waals surface area contributed by atoms with E-state index in [1.54, 1.807) is 0 Å². The van der Waals surface area contributed by atoms with E-state index in [9.17, 15) is 0 Å². The van der Waals surface area contributed by atoms with Crippen molar-refractivity contribution in [1.82, 2.24) is 19.5 Å². The molecule has 3 heterocycles. The Morgan fingerprint density at radius 3 is 1.58 bits per heavy atom. The minimum absolute atomic E-state index is 0.601. The normalized spacial score (nSPS) is 11.6. The highest BCUT2D eigenvalue weighted by Crippen LogP contribution is 2.46. The largest absolute Gasteiger partial charge is 0.456 e. The molecule has 3 aromatic heterocycles. The lowest BCUT2D eigenvalue weighted by molar-refractivity contribution is 0.669. The molecule has 5 heteroatoms. The van der Waals surface area contributed by atoms with Crippen molar-refractivity contribution in [2.24, 2.45) is 0 Å². The monoisotopic (exact) mass is 640 g/mol. The standard InChI is InChI=1S/C45H28N4O/c1-5-15-29(16-6-1)39-35(45-47-43(30-17-7-2-8-18-30)46-44(48-45)31-19-9-3-10-20-31)26-28-37-40(39)41-38(50-37)27-25-34-33-23-13-14-24-36(33)49(42(34)41)32-21-11-4-12-22-32/h1-28H. The van der Waals surface area contributed by atoms with Gasteiger partial charge in [0, 0.05) is 44.1 Å². The molecular weight excluding hydrogens is 613 g/mol. The van der Waals surface area contributed by atoms with Gasteiger partial charge in [0.25, 0.3) is 0 Å². The molecule has 0 unspecified atom stereocenters. The van der Waals surface area contributed by atoms with E-state index in [0.29, 0.717) is 17.5 Å². The Bertz CT molecular complexity index is 2780. The van der Waals surface area contributed by atoms with Crippen LogP contribution in [0, 0.1) is 0 Å². The summed E-state index contributed by atoms with van der Waals surface area (Å²) in [6.07, 6.45) is 0. The third kappa shape index (κ3) is 4.45. The average molecular weight is 641 g/mol. The van der Waals surface area contributed by atoms with Gasteiger partial charge in [0.15, 0.2) is 17.5 Å². The van der Waals surface area contributed by atoms with Gasteiger partial charge in [0.2, 0.25) is 0 Å². The molecule has 7 aromatic carbocycles. The van der Waals surface area contributed by atoms with E-state index in [1.165, 1.54) is 10.8 Å². The smallest absolute Gasteiger partial charge is 0.164 e. The minimum Gasteiger partial charge on any atom is -0.456 e. The predicted octanol–water partition coefficient (Wildman–Crippen LogP) is 11.5. The molecule has 50 heavy (non-hydrogen) atoms. The summed E-state index contributed by atoms with van der Waals surface area (Å²) in [5.74, 6) is 1.85.